The molecule has 6 nitrogen and oxygen atoms in total. The summed E-state index contributed by atoms with van der Waals surface area (Å²) < 4.78 is 28.4. The Bertz CT molecular complexity index is 463. The van der Waals surface area contributed by atoms with Crippen molar-refractivity contribution in [3.8, 4) is 0 Å². The summed E-state index contributed by atoms with van der Waals surface area (Å²) in [7, 11) is -1.20. The number of halogens is 1. The highest BCUT2D eigenvalue weighted by atomic mass is 127. The van der Waals surface area contributed by atoms with E-state index in [4.69, 9.17) is 9.73 Å². The van der Waals surface area contributed by atoms with Gasteiger partial charge in [0.15, 0.2) is 15.8 Å². The molecule has 0 aromatic rings. The quantitative estimate of drug-likeness (QED) is 0.288. The maximum atomic E-state index is 11.6. The lowest BCUT2D eigenvalue weighted by molar-refractivity contribution is 0.141. The van der Waals surface area contributed by atoms with Crippen molar-refractivity contribution in [2.75, 3.05) is 44.9 Å². The smallest absolute Gasteiger partial charge is 0.191 e. The third-order valence-corrected chi connectivity index (χ3v) is 6.27. The fourth-order valence-electron chi connectivity index (χ4n) is 2.99. The van der Waals surface area contributed by atoms with Gasteiger partial charge in [-0.15, -0.1) is 24.0 Å². The molecule has 0 aromatic carbocycles. The Labute approximate surface area is 164 Å². The van der Waals surface area contributed by atoms with Gasteiger partial charge < -0.3 is 15.4 Å². The first kappa shape index (κ1) is 23.9. The number of rotatable bonds is 10. The van der Waals surface area contributed by atoms with Gasteiger partial charge in [-0.25, -0.2) is 8.42 Å². The fourth-order valence-corrected chi connectivity index (χ4v) is 3.69. The zero-order chi connectivity index (χ0) is 17.2. The van der Waals surface area contributed by atoms with E-state index in [0.29, 0.717) is 12.5 Å². The van der Waals surface area contributed by atoms with Crippen LogP contribution in [0.15, 0.2) is 4.99 Å². The number of ether oxygens (including phenoxy) is 1. The summed E-state index contributed by atoms with van der Waals surface area (Å²) in [5.41, 5.74) is 0.244. The van der Waals surface area contributed by atoms with E-state index in [0.717, 1.165) is 26.1 Å². The van der Waals surface area contributed by atoms with Gasteiger partial charge in [0.05, 0.1) is 5.75 Å². The van der Waals surface area contributed by atoms with Crippen LogP contribution in [0.1, 0.15) is 46.0 Å². The number of nitrogens with one attached hydrogen (secondary N) is 2. The third-order valence-electron chi connectivity index (χ3n) is 4.56. The molecule has 1 fully saturated rings. The van der Waals surface area contributed by atoms with Crippen molar-refractivity contribution < 1.29 is 13.2 Å². The SMILES string of the molecule is CCNC(=NCC1(CCOC)CCCC1)NCCS(=O)(=O)CC.I. The van der Waals surface area contributed by atoms with Crippen molar-refractivity contribution in [3.05, 3.63) is 0 Å². The van der Waals surface area contributed by atoms with Crippen molar-refractivity contribution >= 4 is 39.8 Å². The van der Waals surface area contributed by atoms with Crippen LogP contribution in [-0.2, 0) is 14.6 Å². The lowest BCUT2D eigenvalue weighted by Crippen LogP contribution is -2.40. The molecule has 0 saturated heterocycles. The van der Waals surface area contributed by atoms with Gasteiger partial charge in [-0.3, -0.25) is 4.99 Å². The normalized spacial score (nSPS) is 17.4. The van der Waals surface area contributed by atoms with E-state index in [2.05, 4.69) is 10.6 Å². The summed E-state index contributed by atoms with van der Waals surface area (Å²) in [6.07, 6.45) is 5.96. The van der Waals surface area contributed by atoms with Crippen molar-refractivity contribution in [3.63, 3.8) is 0 Å². The summed E-state index contributed by atoms with van der Waals surface area (Å²) in [5.74, 6) is 1.04. The molecule has 1 aliphatic carbocycles. The standard InChI is InChI=1S/C16H33N3O3S.HI/c1-4-17-15(18-11-13-23(20,21)5-2)19-14-16(10-12-22-3)8-6-7-9-16;/h4-14H2,1-3H3,(H2,17,18,19);1H. The highest BCUT2D eigenvalue weighted by Gasteiger charge is 2.33. The maximum Gasteiger partial charge on any atom is 0.191 e. The van der Waals surface area contributed by atoms with E-state index in [9.17, 15) is 8.42 Å². The van der Waals surface area contributed by atoms with Gasteiger partial charge in [0.1, 0.15) is 0 Å². The Hall–Kier alpha value is -0.0900. The molecule has 0 atom stereocenters. The number of sulfone groups is 1. The second kappa shape index (κ2) is 12.3. The van der Waals surface area contributed by atoms with Crippen molar-refractivity contribution in [1.82, 2.24) is 10.6 Å². The molecule has 0 heterocycles. The van der Waals surface area contributed by atoms with Gasteiger partial charge in [0.25, 0.3) is 0 Å². The molecule has 0 unspecified atom stereocenters. The first-order chi connectivity index (χ1) is 11.0. The maximum absolute atomic E-state index is 11.6. The summed E-state index contributed by atoms with van der Waals surface area (Å²) in [4.78, 5) is 4.71. The molecule has 0 aromatic heterocycles. The molecule has 8 heteroatoms. The molecule has 0 bridgehead atoms. The molecular weight excluding hydrogens is 441 g/mol. The molecule has 2 N–H and O–H groups in total. The molecule has 144 valence electrons. The second-order valence-corrected chi connectivity index (χ2v) is 8.78. The number of hydrogen-bond acceptors (Lipinski definition) is 4. The Balaban J connectivity index is 0.00000529. The van der Waals surface area contributed by atoms with Crippen LogP contribution in [0.3, 0.4) is 0 Å². The van der Waals surface area contributed by atoms with Crippen molar-refractivity contribution in [2.45, 2.75) is 46.0 Å². The summed E-state index contributed by atoms with van der Waals surface area (Å²) in [6, 6.07) is 0. The van der Waals surface area contributed by atoms with Crippen LogP contribution in [0.4, 0.5) is 0 Å². The minimum atomic E-state index is -2.95. The van der Waals surface area contributed by atoms with Crippen LogP contribution in [0, 0.1) is 5.41 Å². The Morgan fingerprint density at radius 1 is 1.21 bits per heavy atom. The van der Waals surface area contributed by atoms with Crippen molar-refractivity contribution in [1.29, 1.82) is 0 Å². The number of hydrogen-bond donors (Lipinski definition) is 2. The molecule has 1 aliphatic rings. The Morgan fingerprint density at radius 2 is 1.88 bits per heavy atom. The van der Waals surface area contributed by atoms with Crippen LogP contribution in [0.5, 0.6) is 0 Å². The van der Waals surface area contributed by atoms with Gasteiger partial charge in [-0.1, -0.05) is 19.8 Å². The Morgan fingerprint density at radius 3 is 2.42 bits per heavy atom. The summed E-state index contributed by atoms with van der Waals surface area (Å²) in [5, 5.41) is 6.33. The summed E-state index contributed by atoms with van der Waals surface area (Å²) >= 11 is 0. The predicted octanol–water partition coefficient (Wildman–Crippen LogP) is 2.19. The Kier molecular flexibility index (Phi) is 12.2. The second-order valence-electron chi connectivity index (χ2n) is 6.31. The first-order valence-electron chi connectivity index (χ1n) is 8.68. The third kappa shape index (κ3) is 8.84. The molecule has 24 heavy (non-hydrogen) atoms. The molecular formula is C16H34IN3O3S. The zero-order valence-electron chi connectivity index (χ0n) is 15.3. The minimum absolute atomic E-state index is 0. The molecule has 1 rings (SSSR count). The van der Waals surface area contributed by atoms with E-state index in [1.54, 1.807) is 14.0 Å². The lowest BCUT2D eigenvalue weighted by Gasteiger charge is -2.27. The van der Waals surface area contributed by atoms with Crippen LogP contribution in [0.25, 0.3) is 0 Å². The zero-order valence-corrected chi connectivity index (χ0v) is 18.4. The van der Waals surface area contributed by atoms with Gasteiger partial charge in [0.2, 0.25) is 0 Å². The number of methoxy groups -OCH3 is 1. The van der Waals surface area contributed by atoms with E-state index in [-0.39, 0.29) is 40.9 Å². The van der Waals surface area contributed by atoms with Gasteiger partial charge in [-0.2, -0.15) is 0 Å². The highest BCUT2D eigenvalue weighted by molar-refractivity contribution is 14.0. The van der Waals surface area contributed by atoms with Crippen LogP contribution < -0.4 is 10.6 Å². The molecule has 0 radical (unpaired) electrons. The first-order valence-corrected chi connectivity index (χ1v) is 10.5. The highest BCUT2D eigenvalue weighted by Crippen LogP contribution is 2.41. The van der Waals surface area contributed by atoms with E-state index in [1.165, 1.54) is 25.7 Å². The number of nitrogens with zero attached hydrogens (tertiary/aromatic N) is 1. The molecule has 0 spiro atoms. The summed E-state index contributed by atoms with van der Waals surface area (Å²) in [6.45, 7) is 6.38. The topological polar surface area (TPSA) is 79.8 Å². The predicted molar refractivity (Wildman–Crippen MR) is 111 cm³/mol. The number of aliphatic imine (C=N–C) groups is 1. The van der Waals surface area contributed by atoms with E-state index in [1.807, 2.05) is 6.92 Å². The van der Waals surface area contributed by atoms with Crippen LogP contribution >= 0.6 is 24.0 Å². The monoisotopic (exact) mass is 475 g/mol. The fraction of sp³-hybridized carbons (Fsp3) is 0.938. The van der Waals surface area contributed by atoms with Crippen LogP contribution in [-0.4, -0.2) is 59.2 Å². The molecule has 0 aliphatic heterocycles. The van der Waals surface area contributed by atoms with Gasteiger partial charge in [-0.05, 0) is 31.6 Å². The van der Waals surface area contributed by atoms with Crippen molar-refractivity contribution in [2.24, 2.45) is 10.4 Å². The largest absolute Gasteiger partial charge is 0.385 e. The average molecular weight is 475 g/mol. The van der Waals surface area contributed by atoms with Gasteiger partial charge >= 0.3 is 0 Å². The number of guanidine groups is 1. The average Bonchev–Trinajstić information content (AvgIpc) is 3.00. The van der Waals surface area contributed by atoms with E-state index >= 15 is 0 Å². The molecule has 1 saturated carbocycles. The van der Waals surface area contributed by atoms with Crippen LogP contribution in [0.2, 0.25) is 0 Å². The lowest BCUT2D eigenvalue weighted by atomic mass is 9.83. The van der Waals surface area contributed by atoms with E-state index < -0.39 is 9.84 Å². The minimum Gasteiger partial charge on any atom is -0.385 e. The molecule has 0 amide bonds. The van der Waals surface area contributed by atoms with Gasteiger partial charge in [0, 0.05) is 39.1 Å².